The minimum absolute atomic E-state index is 0.0377. The van der Waals surface area contributed by atoms with Crippen LogP contribution in [0.3, 0.4) is 0 Å². The smallest absolute Gasteiger partial charge is 0.200 e. The highest BCUT2D eigenvalue weighted by Gasteiger charge is 2.22. The molecule has 0 saturated carbocycles. The number of ketones is 6. The number of phenols is 12. The maximum absolute atomic E-state index is 12.4. The van der Waals surface area contributed by atoms with Crippen LogP contribution >= 0.6 is 0 Å². The van der Waals surface area contributed by atoms with E-state index in [1.54, 1.807) is 115 Å². The third kappa shape index (κ3) is 24.6. The number of methoxy groups -OCH3 is 4. The molecule has 582 valence electrons. The summed E-state index contributed by atoms with van der Waals surface area (Å²) < 4.78 is 25.5. The molecule has 0 aliphatic rings. The van der Waals surface area contributed by atoms with Gasteiger partial charge < -0.3 is 85.0 Å². The first-order valence-electron chi connectivity index (χ1n) is 35.0. The number of unbranched alkanes of at least 4 members (excludes halogenated alkanes) is 5. The summed E-state index contributed by atoms with van der Waals surface area (Å²) in [5, 5.41) is 115. The standard InChI is InChI=1S/C21H26O3.C15H14O5.C14H12O4.C14H12O3.C13H10O5.C13H10O3/c1-2-3-4-5-6-10-15-24-18-13-14-19(20(22)16-18)21(23)17-11-8-7-9-12-17;1-19-9-3-5-11(13(16)7-9)15(18)12-6-4-10(20-2)8-14(12)17;1-18-9-6-7-11(13(16)8-9)14(17)10-4-2-3-5-12(10)15;1-17-11-7-8-12(13(15)9-11)14(16)10-5-3-2-4-6-10;14-7-1-3-9(11(16)5-7)13(18)10-4-2-8(15)6-12(10)17;14-10-6-7-11(12(15)8-10)13(16)9-4-2-1-3-5-9/h7-9,11-14,16,22H,2-6,10,15H2,1H3;3-8,16-17H,1-2H3;2-8,15-16H,1H3;2-9,15H,1H3;1-6,14-17H;1-8,14-15H. The van der Waals surface area contributed by atoms with Crippen LogP contribution < -0.4 is 23.7 Å². The van der Waals surface area contributed by atoms with Crippen molar-refractivity contribution in [2.24, 2.45) is 0 Å². The zero-order chi connectivity index (χ0) is 82.1. The number of carbonyl (C=O) groups excluding carboxylic acids is 6. The second-order valence-electron chi connectivity index (χ2n) is 24.5. The minimum Gasteiger partial charge on any atom is -0.508 e. The van der Waals surface area contributed by atoms with Crippen LogP contribution in [-0.2, 0) is 0 Å². The number of carbonyl (C=O) groups is 6. The van der Waals surface area contributed by atoms with Crippen LogP contribution in [0.2, 0.25) is 0 Å². The summed E-state index contributed by atoms with van der Waals surface area (Å²) in [5.41, 5.74) is 2.73. The molecule has 0 saturated heterocycles. The van der Waals surface area contributed by atoms with Gasteiger partial charge in [0.05, 0.1) is 85.1 Å². The molecule has 23 heteroatoms. The van der Waals surface area contributed by atoms with Crippen LogP contribution in [0.4, 0.5) is 0 Å². The number of benzene rings is 12. The lowest BCUT2D eigenvalue weighted by Crippen LogP contribution is -2.02. The SMILES string of the molecule is CCCCCCCCOc1ccc(C(=O)c2ccccc2)c(O)c1.COc1ccc(C(=O)c2ccc(OC)cc2O)c(O)c1.COc1ccc(C(=O)c2ccccc2)c(O)c1.COc1ccc(C(=O)c2ccccc2O)c(O)c1.O=C(c1ccc(O)cc1O)c1ccc(O)cc1O.O=C(c1ccccc1)c1ccc(O)cc1O. The van der Waals surface area contributed by atoms with E-state index >= 15 is 0 Å². The molecule has 12 aromatic rings. The number of hydrogen-bond acceptors (Lipinski definition) is 23. The summed E-state index contributed by atoms with van der Waals surface area (Å²) >= 11 is 0. The van der Waals surface area contributed by atoms with E-state index in [2.05, 4.69) is 6.92 Å². The highest BCUT2D eigenvalue weighted by Crippen LogP contribution is 2.35. The summed E-state index contributed by atoms with van der Waals surface area (Å²) in [6, 6.07) is 66.3. The van der Waals surface area contributed by atoms with Gasteiger partial charge in [-0.3, -0.25) is 28.8 Å². The average molecular weight is 1530 g/mol. The van der Waals surface area contributed by atoms with Gasteiger partial charge in [0.2, 0.25) is 0 Å². The van der Waals surface area contributed by atoms with Gasteiger partial charge in [-0.1, -0.05) is 142 Å². The van der Waals surface area contributed by atoms with Crippen molar-refractivity contribution >= 4 is 34.7 Å². The van der Waals surface area contributed by atoms with E-state index in [-0.39, 0.29) is 131 Å². The number of ether oxygens (including phenoxy) is 5. The summed E-state index contributed by atoms with van der Waals surface area (Å²) in [5.74, 6) is -1.90. The molecule has 0 atom stereocenters. The van der Waals surface area contributed by atoms with Crippen LogP contribution in [0.15, 0.2) is 261 Å². The van der Waals surface area contributed by atoms with Crippen LogP contribution in [0, 0.1) is 0 Å². The van der Waals surface area contributed by atoms with Gasteiger partial charge >= 0.3 is 0 Å². The minimum atomic E-state index is -0.606. The second-order valence-corrected chi connectivity index (χ2v) is 24.5. The van der Waals surface area contributed by atoms with Crippen LogP contribution in [0.5, 0.6) is 97.7 Å². The Balaban J connectivity index is 0.000000189. The normalized spacial score (nSPS) is 10.2. The van der Waals surface area contributed by atoms with Gasteiger partial charge in [0, 0.05) is 65.2 Å². The van der Waals surface area contributed by atoms with Gasteiger partial charge in [0.15, 0.2) is 34.7 Å². The van der Waals surface area contributed by atoms with E-state index in [4.69, 9.17) is 39.0 Å². The van der Waals surface area contributed by atoms with E-state index in [9.17, 15) is 74.7 Å². The molecular weight excluding hydrogens is 1450 g/mol. The molecule has 0 aliphatic heterocycles. The molecule has 0 radical (unpaired) electrons. The molecule has 0 aliphatic carbocycles. The summed E-state index contributed by atoms with van der Waals surface area (Å²) in [7, 11) is 5.91. The first kappa shape index (κ1) is 85.5. The predicted molar refractivity (Wildman–Crippen MR) is 423 cm³/mol. The van der Waals surface area contributed by atoms with Crippen molar-refractivity contribution in [1.82, 2.24) is 0 Å². The molecule has 0 bridgehead atoms. The number of aromatic hydroxyl groups is 12. The maximum atomic E-state index is 12.4. The highest BCUT2D eigenvalue weighted by atomic mass is 16.5. The van der Waals surface area contributed by atoms with Crippen LogP contribution in [0.25, 0.3) is 0 Å². The second kappa shape index (κ2) is 42.7. The summed E-state index contributed by atoms with van der Waals surface area (Å²) in [6.07, 6.45) is 7.25. The van der Waals surface area contributed by atoms with E-state index in [1.807, 2.05) is 30.3 Å². The van der Waals surface area contributed by atoms with Gasteiger partial charge in [-0.05, 0) is 116 Å². The third-order valence-corrected chi connectivity index (χ3v) is 16.7. The van der Waals surface area contributed by atoms with Crippen LogP contribution in [-0.4, -0.2) is 131 Å². The van der Waals surface area contributed by atoms with E-state index in [1.165, 1.54) is 151 Å². The van der Waals surface area contributed by atoms with Crippen molar-refractivity contribution in [3.05, 3.63) is 328 Å². The Kier molecular flexibility index (Phi) is 32.3. The Bertz CT molecular complexity index is 5110. The van der Waals surface area contributed by atoms with Gasteiger partial charge in [-0.15, -0.1) is 0 Å². The lowest BCUT2D eigenvalue weighted by Gasteiger charge is -2.09. The number of hydrogen-bond donors (Lipinski definition) is 12. The monoisotopic (exact) mass is 1530 g/mol. The molecule has 0 aromatic heterocycles. The van der Waals surface area contributed by atoms with Crippen molar-refractivity contribution < 1.29 is 114 Å². The fourth-order valence-electron chi connectivity index (χ4n) is 10.7. The molecule has 12 rings (SSSR count). The fraction of sp³-hybridized carbons (Fsp3) is 0.133. The molecule has 0 amide bonds. The lowest BCUT2D eigenvalue weighted by atomic mass is 10.0. The third-order valence-electron chi connectivity index (χ3n) is 16.7. The summed E-state index contributed by atoms with van der Waals surface area (Å²) in [6.45, 7) is 2.85. The molecule has 113 heavy (non-hydrogen) atoms. The van der Waals surface area contributed by atoms with Crippen LogP contribution in [0.1, 0.15) is 141 Å². The molecule has 0 unspecified atom stereocenters. The Labute approximate surface area is 651 Å². The first-order chi connectivity index (χ1) is 54.3. The van der Waals surface area contributed by atoms with E-state index in [0.29, 0.717) is 57.6 Å². The zero-order valence-electron chi connectivity index (χ0n) is 62.1. The molecule has 12 N–H and O–H groups in total. The van der Waals surface area contributed by atoms with E-state index < -0.39 is 17.3 Å². The fourth-order valence-corrected chi connectivity index (χ4v) is 10.7. The van der Waals surface area contributed by atoms with Crippen molar-refractivity contribution in [2.45, 2.75) is 45.4 Å². The van der Waals surface area contributed by atoms with Crippen molar-refractivity contribution in [2.75, 3.05) is 35.0 Å². The van der Waals surface area contributed by atoms with Gasteiger partial charge in [-0.25, -0.2) is 0 Å². The number of para-hydroxylation sites is 1. The molecule has 0 spiro atoms. The first-order valence-corrected chi connectivity index (χ1v) is 35.0. The predicted octanol–water partition coefficient (Wildman–Crippen LogP) is 16.7. The largest absolute Gasteiger partial charge is 0.508 e. The highest BCUT2D eigenvalue weighted by molar-refractivity contribution is 6.15. The Morgan fingerprint density at radius 2 is 0.460 bits per heavy atom. The molecule has 23 nitrogen and oxygen atoms in total. The van der Waals surface area contributed by atoms with Crippen molar-refractivity contribution in [3.8, 4) is 97.7 Å². The zero-order valence-corrected chi connectivity index (χ0v) is 62.1. The van der Waals surface area contributed by atoms with Gasteiger partial charge in [0.1, 0.15) is 97.7 Å². The van der Waals surface area contributed by atoms with Gasteiger partial charge in [0.25, 0.3) is 0 Å². The molecular formula is C90H84O23. The number of rotatable bonds is 24. The topological polar surface area (TPSA) is 391 Å². The Hall–Kier alpha value is -14.7. The molecule has 12 aromatic carbocycles. The van der Waals surface area contributed by atoms with E-state index in [0.717, 1.165) is 31.0 Å². The maximum Gasteiger partial charge on any atom is 0.200 e. The average Bonchev–Trinajstić information content (AvgIpc) is 0.766. The Morgan fingerprint density at radius 1 is 0.230 bits per heavy atom. The van der Waals surface area contributed by atoms with Gasteiger partial charge in [-0.2, -0.15) is 0 Å². The molecule has 0 fully saturated rings. The Morgan fingerprint density at radius 3 is 0.735 bits per heavy atom. The number of phenolic OH excluding ortho intramolecular Hbond substituents is 12. The summed E-state index contributed by atoms with van der Waals surface area (Å²) in [4.78, 5) is 72.8. The lowest BCUT2D eigenvalue weighted by molar-refractivity contribution is 0.102. The quantitative estimate of drug-likeness (QED) is 0.0197. The molecule has 0 heterocycles. The van der Waals surface area contributed by atoms with Crippen molar-refractivity contribution in [1.29, 1.82) is 0 Å². The van der Waals surface area contributed by atoms with Crippen molar-refractivity contribution in [3.63, 3.8) is 0 Å².